The molecule has 1 amide bonds. The molecule has 1 unspecified atom stereocenters. The summed E-state index contributed by atoms with van der Waals surface area (Å²) in [6.07, 6.45) is 2.74. The molecule has 134 valence electrons. The molecule has 1 aliphatic carbocycles. The lowest BCUT2D eigenvalue weighted by Gasteiger charge is -2.40. The maximum Gasteiger partial charge on any atom is 0.314 e. The van der Waals surface area contributed by atoms with Gasteiger partial charge in [0.1, 0.15) is 0 Å². The van der Waals surface area contributed by atoms with Crippen molar-refractivity contribution >= 4 is 11.9 Å². The van der Waals surface area contributed by atoms with Gasteiger partial charge in [0.25, 0.3) is 0 Å². The SMILES string of the molecule is O=C(C1CCc2ccccc21)N1CCC(C(=O)O)(c2ccccc2)CC1. The van der Waals surface area contributed by atoms with Crippen molar-refractivity contribution in [3.8, 4) is 0 Å². The summed E-state index contributed by atoms with van der Waals surface area (Å²) in [5, 5.41) is 9.91. The third-order valence-electron chi connectivity index (χ3n) is 6.10. The van der Waals surface area contributed by atoms with Gasteiger partial charge in [-0.1, -0.05) is 54.6 Å². The molecule has 0 saturated carbocycles. The van der Waals surface area contributed by atoms with Crippen LogP contribution in [0.1, 0.15) is 41.9 Å². The minimum absolute atomic E-state index is 0.0692. The molecule has 4 heteroatoms. The Morgan fingerprint density at radius 2 is 1.62 bits per heavy atom. The maximum absolute atomic E-state index is 13.1. The van der Waals surface area contributed by atoms with Gasteiger partial charge >= 0.3 is 5.97 Å². The van der Waals surface area contributed by atoms with Crippen LogP contribution in [0.2, 0.25) is 0 Å². The highest BCUT2D eigenvalue weighted by Crippen LogP contribution is 2.39. The van der Waals surface area contributed by atoms with Crippen LogP contribution < -0.4 is 0 Å². The summed E-state index contributed by atoms with van der Waals surface area (Å²) in [4.78, 5) is 27.0. The Morgan fingerprint density at radius 3 is 2.31 bits per heavy atom. The number of carbonyl (C=O) groups excluding carboxylic acids is 1. The van der Waals surface area contributed by atoms with Gasteiger partial charge in [-0.25, -0.2) is 0 Å². The van der Waals surface area contributed by atoms with Gasteiger partial charge in [0, 0.05) is 13.1 Å². The number of benzene rings is 2. The molecular weight excluding hydrogens is 326 g/mol. The zero-order valence-corrected chi connectivity index (χ0v) is 14.7. The second kappa shape index (κ2) is 6.60. The van der Waals surface area contributed by atoms with E-state index in [-0.39, 0.29) is 11.8 Å². The lowest BCUT2D eigenvalue weighted by atomic mass is 9.72. The molecule has 1 aliphatic heterocycles. The predicted molar refractivity (Wildman–Crippen MR) is 99.1 cm³/mol. The average Bonchev–Trinajstić information content (AvgIpc) is 3.12. The number of carboxylic acid groups (broad SMARTS) is 1. The van der Waals surface area contributed by atoms with Crippen LogP contribution in [0.4, 0.5) is 0 Å². The first kappa shape index (κ1) is 16.8. The smallest absolute Gasteiger partial charge is 0.314 e. The lowest BCUT2D eigenvalue weighted by molar-refractivity contribution is -0.148. The van der Waals surface area contributed by atoms with E-state index in [1.54, 1.807) is 0 Å². The van der Waals surface area contributed by atoms with Gasteiger partial charge in [-0.05, 0) is 42.4 Å². The number of aryl methyl sites for hydroxylation is 1. The number of hydrogen-bond donors (Lipinski definition) is 1. The van der Waals surface area contributed by atoms with Crippen LogP contribution in [-0.4, -0.2) is 35.0 Å². The molecule has 1 saturated heterocycles. The largest absolute Gasteiger partial charge is 0.481 e. The standard InChI is InChI=1S/C22H23NO3/c24-20(19-11-10-16-6-4-5-9-18(16)19)23-14-12-22(13-15-23,21(25)26)17-7-2-1-3-8-17/h1-9,19H,10-15H2,(H,25,26). The number of piperidine rings is 1. The fourth-order valence-electron chi connectivity index (χ4n) is 4.53. The molecule has 1 N–H and O–H groups in total. The number of likely N-dealkylation sites (tertiary alicyclic amines) is 1. The van der Waals surface area contributed by atoms with E-state index < -0.39 is 11.4 Å². The first-order valence-corrected chi connectivity index (χ1v) is 9.27. The van der Waals surface area contributed by atoms with E-state index in [1.165, 1.54) is 5.56 Å². The molecule has 0 spiro atoms. The van der Waals surface area contributed by atoms with Crippen LogP contribution in [0.25, 0.3) is 0 Å². The number of aliphatic carboxylic acids is 1. The zero-order chi connectivity index (χ0) is 18.1. The van der Waals surface area contributed by atoms with E-state index in [1.807, 2.05) is 47.4 Å². The van der Waals surface area contributed by atoms with Gasteiger partial charge in [0.15, 0.2) is 0 Å². The molecule has 26 heavy (non-hydrogen) atoms. The number of carboxylic acids is 1. The predicted octanol–water partition coefficient (Wildman–Crippen LogP) is 3.36. The minimum atomic E-state index is -0.883. The maximum atomic E-state index is 13.1. The van der Waals surface area contributed by atoms with Crippen LogP contribution in [-0.2, 0) is 21.4 Å². The van der Waals surface area contributed by atoms with Crippen LogP contribution >= 0.6 is 0 Å². The molecule has 4 rings (SSSR count). The molecule has 1 fully saturated rings. The Balaban J connectivity index is 1.51. The molecular formula is C22H23NO3. The summed E-state index contributed by atoms with van der Waals surface area (Å²) in [5.74, 6) is -0.704. The molecule has 1 heterocycles. The Labute approximate surface area is 153 Å². The van der Waals surface area contributed by atoms with Crippen LogP contribution in [0.5, 0.6) is 0 Å². The normalized spacial score (nSPS) is 21.2. The summed E-state index contributed by atoms with van der Waals surface area (Å²) in [6.45, 7) is 0.997. The molecule has 0 bridgehead atoms. The Kier molecular flexibility index (Phi) is 4.27. The van der Waals surface area contributed by atoms with E-state index in [9.17, 15) is 14.7 Å². The van der Waals surface area contributed by atoms with Crippen molar-refractivity contribution in [2.45, 2.75) is 37.0 Å². The highest BCUT2D eigenvalue weighted by molar-refractivity contribution is 5.86. The monoisotopic (exact) mass is 349 g/mol. The highest BCUT2D eigenvalue weighted by atomic mass is 16.4. The zero-order valence-electron chi connectivity index (χ0n) is 14.7. The Morgan fingerprint density at radius 1 is 0.962 bits per heavy atom. The number of fused-ring (bicyclic) bond motifs is 1. The van der Waals surface area contributed by atoms with Crippen LogP contribution in [0, 0.1) is 0 Å². The van der Waals surface area contributed by atoms with Crippen molar-refractivity contribution in [3.05, 3.63) is 71.3 Å². The molecule has 2 aromatic carbocycles. The number of rotatable bonds is 3. The van der Waals surface area contributed by atoms with E-state index in [0.717, 1.165) is 24.0 Å². The fourth-order valence-corrected chi connectivity index (χ4v) is 4.53. The average molecular weight is 349 g/mol. The van der Waals surface area contributed by atoms with Crippen molar-refractivity contribution in [1.82, 2.24) is 4.90 Å². The number of carbonyl (C=O) groups is 2. The molecule has 1 atom stereocenters. The van der Waals surface area contributed by atoms with Crippen molar-refractivity contribution in [3.63, 3.8) is 0 Å². The third kappa shape index (κ3) is 2.70. The van der Waals surface area contributed by atoms with Crippen molar-refractivity contribution in [2.24, 2.45) is 0 Å². The third-order valence-corrected chi connectivity index (χ3v) is 6.10. The summed E-state index contributed by atoms with van der Waals surface area (Å²) in [6, 6.07) is 17.6. The first-order valence-electron chi connectivity index (χ1n) is 9.27. The molecule has 2 aromatic rings. The van der Waals surface area contributed by atoms with Gasteiger partial charge in [-0.15, -0.1) is 0 Å². The van der Waals surface area contributed by atoms with Gasteiger partial charge in [0.05, 0.1) is 11.3 Å². The fraction of sp³-hybridized carbons (Fsp3) is 0.364. The number of amides is 1. The molecule has 2 aliphatic rings. The first-order chi connectivity index (χ1) is 12.6. The quantitative estimate of drug-likeness (QED) is 0.924. The van der Waals surface area contributed by atoms with E-state index in [4.69, 9.17) is 0 Å². The molecule has 4 nitrogen and oxygen atoms in total. The van der Waals surface area contributed by atoms with Gasteiger partial charge in [-0.3, -0.25) is 9.59 Å². The second-order valence-electron chi connectivity index (χ2n) is 7.37. The van der Waals surface area contributed by atoms with Crippen LogP contribution in [0.3, 0.4) is 0 Å². The molecule has 0 radical (unpaired) electrons. The van der Waals surface area contributed by atoms with Gasteiger partial charge < -0.3 is 10.0 Å². The number of nitrogens with zero attached hydrogens (tertiary/aromatic N) is 1. The van der Waals surface area contributed by atoms with Crippen molar-refractivity contribution in [2.75, 3.05) is 13.1 Å². The highest BCUT2D eigenvalue weighted by Gasteiger charge is 2.44. The summed E-state index contributed by atoms with van der Waals surface area (Å²) in [5.41, 5.74) is 2.37. The summed E-state index contributed by atoms with van der Waals surface area (Å²) in [7, 11) is 0. The second-order valence-corrected chi connectivity index (χ2v) is 7.37. The lowest BCUT2D eigenvalue weighted by Crippen LogP contribution is -2.49. The van der Waals surface area contributed by atoms with Gasteiger partial charge in [0.2, 0.25) is 5.91 Å². The summed E-state index contributed by atoms with van der Waals surface area (Å²) < 4.78 is 0. The van der Waals surface area contributed by atoms with E-state index >= 15 is 0 Å². The van der Waals surface area contributed by atoms with Gasteiger partial charge in [-0.2, -0.15) is 0 Å². The summed E-state index contributed by atoms with van der Waals surface area (Å²) >= 11 is 0. The topological polar surface area (TPSA) is 57.6 Å². The Bertz CT molecular complexity index is 822. The number of hydrogen-bond acceptors (Lipinski definition) is 2. The minimum Gasteiger partial charge on any atom is -0.481 e. The van der Waals surface area contributed by atoms with Crippen molar-refractivity contribution in [1.29, 1.82) is 0 Å². The molecule has 0 aromatic heterocycles. The van der Waals surface area contributed by atoms with Crippen LogP contribution in [0.15, 0.2) is 54.6 Å². The van der Waals surface area contributed by atoms with E-state index in [0.29, 0.717) is 25.9 Å². The van der Waals surface area contributed by atoms with Crippen molar-refractivity contribution < 1.29 is 14.7 Å². The Hall–Kier alpha value is -2.62. The van der Waals surface area contributed by atoms with E-state index in [2.05, 4.69) is 12.1 Å².